The number of alkyl halides is 5. The van der Waals surface area contributed by atoms with Gasteiger partial charge < -0.3 is 10.2 Å². The molecule has 1 amide bonds. The monoisotopic (exact) mass is 544 g/mol. The number of hydrogen-bond donors (Lipinski definition) is 1. The van der Waals surface area contributed by atoms with Gasteiger partial charge >= 0.3 is 12.1 Å². The van der Waals surface area contributed by atoms with Crippen molar-refractivity contribution in [1.29, 1.82) is 0 Å². The molecule has 1 N–H and O–H groups in total. The normalized spacial score (nSPS) is 11.9. The number of nitrogens with one attached hydrogen (secondary N) is 1. The van der Waals surface area contributed by atoms with Gasteiger partial charge in [0.2, 0.25) is 0 Å². The van der Waals surface area contributed by atoms with Crippen molar-refractivity contribution >= 4 is 34.8 Å². The van der Waals surface area contributed by atoms with E-state index in [0.717, 1.165) is 17.7 Å². The third kappa shape index (κ3) is 6.68. The summed E-state index contributed by atoms with van der Waals surface area (Å²) in [6.07, 6.45) is -5.24. The van der Waals surface area contributed by atoms with Crippen LogP contribution in [0.3, 0.4) is 0 Å². The van der Waals surface area contributed by atoms with Gasteiger partial charge in [0.05, 0.1) is 5.56 Å². The van der Waals surface area contributed by atoms with Gasteiger partial charge in [0.1, 0.15) is 0 Å². The Bertz CT molecular complexity index is 1180. The van der Waals surface area contributed by atoms with E-state index in [-0.39, 0.29) is 19.0 Å². The van der Waals surface area contributed by atoms with Crippen LogP contribution in [-0.2, 0) is 18.9 Å². The lowest BCUT2D eigenvalue weighted by atomic mass is 10.0. The summed E-state index contributed by atoms with van der Waals surface area (Å²) >= 11 is 12.1. The van der Waals surface area contributed by atoms with Crippen LogP contribution in [0.4, 0.5) is 27.6 Å². The van der Waals surface area contributed by atoms with Crippen molar-refractivity contribution in [2.75, 3.05) is 18.4 Å². The molecule has 0 aliphatic carbocycles. The molecule has 0 aliphatic heterocycles. The van der Waals surface area contributed by atoms with Gasteiger partial charge in [-0.25, -0.2) is 0 Å². The third-order valence-corrected chi connectivity index (χ3v) is 5.98. The Kier molecular flexibility index (Phi) is 8.84. The summed E-state index contributed by atoms with van der Waals surface area (Å²) in [4.78, 5) is 15.1. The summed E-state index contributed by atoms with van der Waals surface area (Å²) in [5.74, 6) is -5.34. The smallest absolute Gasteiger partial charge is 0.385 e. The van der Waals surface area contributed by atoms with Crippen molar-refractivity contribution < 1.29 is 26.7 Å². The fourth-order valence-electron chi connectivity index (χ4n) is 3.58. The molecule has 3 aromatic rings. The molecule has 3 aromatic carbocycles. The fraction of sp³-hybridized carbons (Fsp3) is 0.269. The molecule has 0 aliphatic rings. The minimum atomic E-state index is -5.70. The summed E-state index contributed by atoms with van der Waals surface area (Å²) in [7, 11) is 0. The van der Waals surface area contributed by atoms with E-state index < -0.39 is 17.7 Å². The highest BCUT2D eigenvalue weighted by Crippen LogP contribution is 2.43. The molecule has 0 spiro atoms. The van der Waals surface area contributed by atoms with Gasteiger partial charge in [0, 0.05) is 40.9 Å². The molecule has 0 heterocycles. The van der Waals surface area contributed by atoms with E-state index in [1.165, 1.54) is 23.1 Å². The summed E-state index contributed by atoms with van der Waals surface area (Å²) in [6, 6.07) is 15.8. The van der Waals surface area contributed by atoms with E-state index in [4.69, 9.17) is 23.2 Å². The van der Waals surface area contributed by atoms with Crippen LogP contribution < -0.4 is 5.32 Å². The molecular formula is C26H23Cl2F5N2O. The Morgan fingerprint density at radius 2 is 1.44 bits per heavy atom. The van der Waals surface area contributed by atoms with Crippen molar-refractivity contribution in [3.63, 3.8) is 0 Å². The van der Waals surface area contributed by atoms with E-state index >= 15 is 0 Å². The Morgan fingerprint density at radius 1 is 0.861 bits per heavy atom. The summed E-state index contributed by atoms with van der Waals surface area (Å²) in [6.45, 7) is 2.67. The van der Waals surface area contributed by atoms with Gasteiger partial charge in [-0.1, -0.05) is 59.6 Å². The molecule has 192 valence electrons. The van der Waals surface area contributed by atoms with Crippen molar-refractivity contribution in [3.05, 3.63) is 99.0 Å². The van der Waals surface area contributed by atoms with Crippen LogP contribution in [0, 0.1) is 0 Å². The summed E-state index contributed by atoms with van der Waals surface area (Å²) < 4.78 is 65.5. The standard InChI is InChI=1S/C26H23Cl2F5N2O/c1-2-34-23-12-11-21(28)15-22(23)24(36)35(14-13-17-5-9-20(27)10-6-17)16-18-3-7-19(8-4-18)25(29,30)26(31,32)33/h3-12,15,34H,2,13-14,16H2,1H3. The van der Waals surface area contributed by atoms with Crippen LogP contribution in [-0.4, -0.2) is 30.1 Å². The highest BCUT2D eigenvalue weighted by Gasteiger charge is 2.58. The van der Waals surface area contributed by atoms with E-state index in [9.17, 15) is 26.7 Å². The average Bonchev–Trinajstić information content (AvgIpc) is 2.83. The Morgan fingerprint density at radius 3 is 2.03 bits per heavy atom. The number of anilines is 1. The second-order valence-corrected chi connectivity index (χ2v) is 8.97. The zero-order chi connectivity index (χ0) is 26.5. The Balaban J connectivity index is 1.90. The molecule has 0 unspecified atom stereocenters. The van der Waals surface area contributed by atoms with Crippen molar-refractivity contribution in [2.24, 2.45) is 0 Å². The lowest BCUT2D eigenvalue weighted by Crippen LogP contribution is -2.34. The number of benzene rings is 3. The molecule has 0 atom stereocenters. The highest BCUT2D eigenvalue weighted by atomic mass is 35.5. The minimum absolute atomic E-state index is 0.0115. The SMILES string of the molecule is CCNc1ccc(Cl)cc1C(=O)N(CCc1ccc(Cl)cc1)Cc1ccc(C(F)(F)C(F)(F)F)cc1. The molecule has 0 aromatic heterocycles. The molecular weight excluding hydrogens is 522 g/mol. The lowest BCUT2D eigenvalue weighted by Gasteiger charge is -2.25. The highest BCUT2D eigenvalue weighted by molar-refractivity contribution is 6.31. The van der Waals surface area contributed by atoms with E-state index in [2.05, 4.69) is 5.32 Å². The van der Waals surface area contributed by atoms with Crippen molar-refractivity contribution in [2.45, 2.75) is 32.0 Å². The Hall–Kier alpha value is -2.84. The first kappa shape index (κ1) is 27.7. The molecule has 3 nitrogen and oxygen atoms in total. The molecule has 0 saturated carbocycles. The molecule has 3 rings (SSSR count). The van der Waals surface area contributed by atoms with Crippen molar-refractivity contribution in [3.8, 4) is 0 Å². The van der Waals surface area contributed by atoms with E-state index in [1.807, 2.05) is 19.1 Å². The summed E-state index contributed by atoms with van der Waals surface area (Å²) in [5, 5.41) is 4.03. The number of nitrogens with zero attached hydrogens (tertiary/aromatic N) is 1. The quantitative estimate of drug-likeness (QED) is 0.277. The van der Waals surface area contributed by atoms with E-state index in [1.54, 1.807) is 24.3 Å². The number of amides is 1. The molecule has 36 heavy (non-hydrogen) atoms. The molecule has 0 bridgehead atoms. The topological polar surface area (TPSA) is 32.3 Å². The number of carbonyl (C=O) groups is 1. The lowest BCUT2D eigenvalue weighted by molar-refractivity contribution is -0.289. The van der Waals surface area contributed by atoms with Crippen LogP contribution in [0.2, 0.25) is 10.0 Å². The van der Waals surface area contributed by atoms with Gasteiger partial charge in [0.25, 0.3) is 5.91 Å². The van der Waals surface area contributed by atoms with Crippen LogP contribution in [0.25, 0.3) is 0 Å². The molecule has 0 saturated heterocycles. The van der Waals surface area contributed by atoms with Gasteiger partial charge in [-0.2, -0.15) is 22.0 Å². The van der Waals surface area contributed by atoms with Crippen LogP contribution in [0.5, 0.6) is 0 Å². The third-order valence-electron chi connectivity index (χ3n) is 5.50. The minimum Gasteiger partial charge on any atom is -0.385 e. The van der Waals surface area contributed by atoms with Gasteiger partial charge in [0.15, 0.2) is 0 Å². The predicted octanol–water partition coefficient (Wildman–Crippen LogP) is 7.96. The average molecular weight is 545 g/mol. The zero-order valence-electron chi connectivity index (χ0n) is 19.2. The van der Waals surface area contributed by atoms with Crippen LogP contribution in [0.15, 0.2) is 66.7 Å². The number of rotatable bonds is 9. The fourth-order valence-corrected chi connectivity index (χ4v) is 3.88. The number of halogens is 7. The number of hydrogen-bond acceptors (Lipinski definition) is 2. The molecule has 10 heteroatoms. The molecule has 0 radical (unpaired) electrons. The Labute approximate surface area is 215 Å². The van der Waals surface area contributed by atoms with E-state index in [0.29, 0.717) is 39.8 Å². The van der Waals surface area contributed by atoms with Gasteiger partial charge in [-0.05, 0) is 54.8 Å². The first-order valence-corrected chi connectivity index (χ1v) is 11.8. The van der Waals surface area contributed by atoms with Gasteiger partial charge in [-0.3, -0.25) is 4.79 Å². The van der Waals surface area contributed by atoms with Crippen molar-refractivity contribution in [1.82, 2.24) is 4.90 Å². The predicted molar refractivity (Wildman–Crippen MR) is 132 cm³/mol. The largest absolute Gasteiger partial charge is 0.458 e. The maximum Gasteiger partial charge on any atom is 0.458 e. The zero-order valence-corrected chi connectivity index (χ0v) is 20.7. The van der Waals surface area contributed by atoms with Crippen LogP contribution >= 0.6 is 23.2 Å². The molecule has 0 fully saturated rings. The first-order valence-electron chi connectivity index (χ1n) is 11.0. The second-order valence-electron chi connectivity index (χ2n) is 8.09. The number of carbonyl (C=O) groups excluding carboxylic acids is 1. The first-order chi connectivity index (χ1) is 16.9. The van der Waals surface area contributed by atoms with Crippen LogP contribution in [0.1, 0.15) is 34.0 Å². The maximum absolute atomic E-state index is 13.7. The summed E-state index contributed by atoms with van der Waals surface area (Å²) in [5.41, 5.74) is 1.04. The second kappa shape index (κ2) is 11.5. The maximum atomic E-state index is 13.7. The van der Waals surface area contributed by atoms with Gasteiger partial charge in [-0.15, -0.1) is 0 Å².